The first-order valence-electron chi connectivity index (χ1n) is 4.69. The van der Waals surface area contributed by atoms with Crippen LogP contribution in [-0.4, -0.2) is 13.6 Å². The van der Waals surface area contributed by atoms with Crippen LogP contribution in [0.2, 0.25) is 0 Å². The summed E-state index contributed by atoms with van der Waals surface area (Å²) in [6.07, 6.45) is 0. The van der Waals surface area contributed by atoms with Gasteiger partial charge in [0, 0.05) is 5.56 Å². The molecule has 0 aliphatic rings. The first-order chi connectivity index (χ1) is 6.70. The SMILES string of the molecule is Bc1cccc2c(C(C)=O)cccc12. The van der Waals surface area contributed by atoms with Crippen LogP contribution in [0.3, 0.4) is 0 Å². The normalized spacial score (nSPS) is 10.4. The lowest BCUT2D eigenvalue weighted by Crippen LogP contribution is -2.04. The Hall–Kier alpha value is -1.57. The van der Waals surface area contributed by atoms with E-state index < -0.39 is 0 Å². The van der Waals surface area contributed by atoms with Crippen molar-refractivity contribution in [2.24, 2.45) is 0 Å². The van der Waals surface area contributed by atoms with Crippen LogP contribution in [0.5, 0.6) is 0 Å². The van der Waals surface area contributed by atoms with Crippen LogP contribution in [0.25, 0.3) is 10.8 Å². The second-order valence-corrected chi connectivity index (χ2v) is 3.53. The van der Waals surface area contributed by atoms with Crippen LogP contribution in [0.15, 0.2) is 36.4 Å². The van der Waals surface area contributed by atoms with Gasteiger partial charge >= 0.3 is 0 Å². The van der Waals surface area contributed by atoms with Crippen LogP contribution in [0, 0.1) is 0 Å². The molecule has 0 aliphatic heterocycles. The first kappa shape index (κ1) is 9.01. The van der Waals surface area contributed by atoms with Gasteiger partial charge in [-0.15, -0.1) is 0 Å². The Bertz CT molecular complexity index is 503. The van der Waals surface area contributed by atoms with Crippen molar-refractivity contribution in [2.45, 2.75) is 6.92 Å². The molecule has 14 heavy (non-hydrogen) atoms. The lowest BCUT2D eigenvalue weighted by Gasteiger charge is -2.05. The summed E-state index contributed by atoms with van der Waals surface area (Å²) in [7, 11) is 2.06. The fourth-order valence-corrected chi connectivity index (χ4v) is 1.77. The van der Waals surface area contributed by atoms with Crippen molar-refractivity contribution in [3.05, 3.63) is 42.0 Å². The van der Waals surface area contributed by atoms with Gasteiger partial charge in [-0.05, 0) is 17.7 Å². The molecule has 0 spiro atoms. The van der Waals surface area contributed by atoms with Crippen molar-refractivity contribution in [3.63, 3.8) is 0 Å². The molecule has 0 atom stereocenters. The van der Waals surface area contributed by atoms with Gasteiger partial charge in [0.1, 0.15) is 7.85 Å². The van der Waals surface area contributed by atoms with Crippen molar-refractivity contribution in [1.82, 2.24) is 0 Å². The van der Waals surface area contributed by atoms with Gasteiger partial charge in [0.25, 0.3) is 0 Å². The van der Waals surface area contributed by atoms with Gasteiger partial charge in [-0.25, -0.2) is 0 Å². The molecule has 0 radical (unpaired) electrons. The average Bonchev–Trinajstić information content (AvgIpc) is 2.17. The Labute approximate surface area is 84.2 Å². The molecule has 0 N–H and O–H groups in total. The molecule has 2 aromatic carbocycles. The standard InChI is InChI=1S/C12H11BO/c1-8(14)9-4-2-6-11-10(9)5-3-7-12(11)13/h2-7H,13H2,1H3. The van der Waals surface area contributed by atoms with E-state index in [0.29, 0.717) is 0 Å². The largest absolute Gasteiger partial charge is 0.294 e. The Morgan fingerprint density at radius 2 is 1.71 bits per heavy atom. The average molecular weight is 182 g/mol. The maximum Gasteiger partial charge on any atom is 0.160 e. The molecule has 0 amide bonds. The first-order valence-corrected chi connectivity index (χ1v) is 4.69. The minimum Gasteiger partial charge on any atom is -0.294 e. The molecule has 0 aliphatic carbocycles. The molecule has 0 heterocycles. The second-order valence-electron chi connectivity index (χ2n) is 3.53. The number of carbonyl (C=O) groups is 1. The number of fused-ring (bicyclic) bond motifs is 1. The molecule has 2 heteroatoms. The summed E-state index contributed by atoms with van der Waals surface area (Å²) in [5.74, 6) is 0.126. The van der Waals surface area contributed by atoms with E-state index in [1.54, 1.807) is 6.92 Å². The number of carbonyl (C=O) groups excluding carboxylic acids is 1. The predicted molar refractivity (Wildman–Crippen MR) is 62.1 cm³/mol. The summed E-state index contributed by atoms with van der Waals surface area (Å²) in [4.78, 5) is 11.4. The van der Waals surface area contributed by atoms with E-state index in [4.69, 9.17) is 0 Å². The Morgan fingerprint density at radius 1 is 1.07 bits per heavy atom. The maximum atomic E-state index is 11.4. The Kier molecular flexibility index (Phi) is 2.12. The third kappa shape index (κ3) is 1.33. The number of Topliss-reactive ketones (excluding diaryl/α,β-unsaturated/α-hetero) is 1. The molecule has 0 saturated carbocycles. The summed E-state index contributed by atoms with van der Waals surface area (Å²) < 4.78 is 0. The Balaban J connectivity index is 2.88. The summed E-state index contributed by atoms with van der Waals surface area (Å²) in [6, 6.07) is 11.9. The highest BCUT2D eigenvalue weighted by Gasteiger charge is 2.05. The van der Waals surface area contributed by atoms with Gasteiger partial charge in [-0.1, -0.05) is 41.9 Å². The van der Waals surface area contributed by atoms with Gasteiger partial charge in [0.2, 0.25) is 0 Å². The lowest BCUT2D eigenvalue weighted by atomic mass is 9.88. The molecule has 0 aromatic heterocycles. The second kappa shape index (κ2) is 3.30. The zero-order valence-electron chi connectivity index (χ0n) is 8.37. The monoisotopic (exact) mass is 182 g/mol. The van der Waals surface area contributed by atoms with Crippen LogP contribution < -0.4 is 5.46 Å². The number of hydrogen-bond acceptors (Lipinski definition) is 1. The molecule has 0 saturated heterocycles. The molecule has 2 rings (SSSR count). The summed E-state index contributed by atoms with van der Waals surface area (Å²) in [6.45, 7) is 1.61. The van der Waals surface area contributed by atoms with E-state index in [0.717, 1.165) is 10.9 Å². The van der Waals surface area contributed by atoms with E-state index in [1.807, 2.05) is 24.3 Å². The quantitative estimate of drug-likeness (QED) is 0.479. The van der Waals surface area contributed by atoms with Gasteiger partial charge < -0.3 is 0 Å². The fourth-order valence-electron chi connectivity index (χ4n) is 1.77. The van der Waals surface area contributed by atoms with Crippen molar-refractivity contribution in [1.29, 1.82) is 0 Å². The molecule has 68 valence electrons. The lowest BCUT2D eigenvalue weighted by molar-refractivity contribution is 0.101. The highest BCUT2D eigenvalue weighted by molar-refractivity contribution is 6.39. The maximum absolute atomic E-state index is 11.4. The van der Waals surface area contributed by atoms with E-state index in [9.17, 15) is 4.79 Å². The highest BCUT2D eigenvalue weighted by atomic mass is 16.1. The van der Waals surface area contributed by atoms with E-state index >= 15 is 0 Å². The molecule has 2 aromatic rings. The number of hydrogen-bond donors (Lipinski definition) is 0. The van der Waals surface area contributed by atoms with Crippen LogP contribution in [0.4, 0.5) is 0 Å². The minimum absolute atomic E-state index is 0.126. The third-order valence-corrected chi connectivity index (χ3v) is 2.52. The molecule has 0 unspecified atom stereocenters. The molecule has 0 bridgehead atoms. The third-order valence-electron chi connectivity index (χ3n) is 2.52. The van der Waals surface area contributed by atoms with E-state index in [-0.39, 0.29) is 5.78 Å². The van der Waals surface area contributed by atoms with E-state index in [1.165, 1.54) is 10.8 Å². The summed E-state index contributed by atoms with van der Waals surface area (Å²) in [5.41, 5.74) is 2.02. The number of benzene rings is 2. The smallest absolute Gasteiger partial charge is 0.160 e. The topological polar surface area (TPSA) is 17.1 Å². The molecular weight excluding hydrogens is 171 g/mol. The van der Waals surface area contributed by atoms with Gasteiger partial charge in [-0.2, -0.15) is 0 Å². The van der Waals surface area contributed by atoms with Crippen LogP contribution in [-0.2, 0) is 0 Å². The zero-order valence-corrected chi connectivity index (χ0v) is 8.37. The van der Waals surface area contributed by atoms with Crippen molar-refractivity contribution >= 4 is 29.9 Å². The van der Waals surface area contributed by atoms with Gasteiger partial charge in [-0.3, -0.25) is 4.79 Å². The summed E-state index contributed by atoms with van der Waals surface area (Å²) >= 11 is 0. The van der Waals surface area contributed by atoms with Crippen LogP contribution in [0.1, 0.15) is 17.3 Å². The summed E-state index contributed by atoms with van der Waals surface area (Å²) in [5, 5.41) is 2.22. The van der Waals surface area contributed by atoms with Crippen molar-refractivity contribution in [2.75, 3.05) is 0 Å². The molecule has 0 fully saturated rings. The van der Waals surface area contributed by atoms with Crippen LogP contribution >= 0.6 is 0 Å². The zero-order chi connectivity index (χ0) is 10.1. The molecule has 1 nitrogen and oxygen atoms in total. The van der Waals surface area contributed by atoms with Gasteiger partial charge in [0.05, 0.1) is 0 Å². The fraction of sp³-hybridized carbons (Fsp3) is 0.0833. The minimum atomic E-state index is 0.126. The Morgan fingerprint density at radius 3 is 2.43 bits per heavy atom. The van der Waals surface area contributed by atoms with E-state index in [2.05, 4.69) is 20.0 Å². The predicted octanol–water partition coefficient (Wildman–Crippen LogP) is 1.30. The van der Waals surface area contributed by atoms with Gasteiger partial charge in [0.15, 0.2) is 5.78 Å². The number of ketones is 1. The molecular formula is C12H11BO. The van der Waals surface area contributed by atoms with Crippen molar-refractivity contribution in [3.8, 4) is 0 Å². The number of rotatable bonds is 1. The highest BCUT2D eigenvalue weighted by Crippen LogP contribution is 2.16. The van der Waals surface area contributed by atoms with Crippen molar-refractivity contribution < 1.29 is 4.79 Å².